The Bertz CT molecular complexity index is 1590. The molecular formula is C32H33NO12. The molecule has 13 nitrogen and oxygen atoms in total. The molecule has 2 aromatic rings. The summed E-state index contributed by atoms with van der Waals surface area (Å²) in [5.74, 6) is -4.71. The average molecular weight is 624 g/mol. The number of aliphatic hydroxyl groups is 2. The average Bonchev–Trinajstić information content (AvgIpc) is 3.36. The summed E-state index contributed by atoms with van der Waals surface area (Å²) >= 11 is 0. The van der Waals surface area contributed by atoms with E-state index in [1.54, 1.807) is 18.2 Å². The summed E-state index contributed by atoms with van der Waals surface area (Å²) in [5, 5.41) is 42.8. The minimum atomic E-state index is -1.99. The number of phenols is 1. The molecule has 238 valence electrons. The van der Waals surface area contributed by atoms with Crippen molar-refractivity contribution in [3.63, 3.8) is 0 Å². The maximum Gasteiger partial charge on any atom is 0.349 e. The van der Waals surface area contributed by atoms with Gasteiger partial charge in [-0.05, 0) is 51.1 Å². The van der Waals surface area contributed by atoms with E-state index < -0.39 is 65.7 Å². The Morgan fingerprint density at radius 3 is 2.53 bits per heavy atom. The van der Waals surface area contributed by atoms with Gasteiger partial charge in [0.2, 0.25) is 6.10 Å². The van der Waals surface area contributed by atoms with E-state index in [-0.39, 0.29) is 35.3 Å². The summed E-state index contributed by atoms with van der Waals surface area (Å²) in [5.41, 5.74) is -0.463. The van der Waals surface area contributed by atoms with E-state index >= 15 is 0 Å². The number of rotatable bonds is 9. The van der Waals surface area contributed by atoms with Gasteiger partial charge in [-0.3, -0.25) is 4.79 Å². The molecule has 6 rings (SSSR count). The Morgan fingerprint density at radius 2 is 1.82 bits per heavy atom. The molecule has 7 atom stereocenters. The van der Waals surface area contributed by atoms with E-state index in [1.165, 1.54) is 31.2 Å². The molecule has 1 fully saturated rings. The molecule has 2 aliphatic heterocycles. The summed E-state index contributed by atoms with van der Waals surface area (Å²) in [6, 6.07) is 10.8. The number of hydrogen-bond acceptors (Lipinski definition) is 12. The highest BCUT2D eigenvalue weighted by molar-refractivity contribution is 5.85. The van der Waals surface area contributed by atoms with Crippen molar-refractivity contribution in [2.75, 3.05) is 13.6 Å². The molecule has 2 aromatic carbocycles. The van der Waals surface area contributed by atoms with Crippen LogP contribution in [0, 0.1) is 0 Å². The number of carbonyl (C=O) groups excluding carboxylic acids is 3. The quantitative estimate of drug-likeness (QED) is 0.231. The number of carboxylic acid groups (broad SMARTS) is 1. The minimum absolute atomic E-state index is 0.0430. The van der Waals surface area contributed by atoms with Gasteiger partial charge in [-0.15, -0.1) is 0 Å². The number of aliphatic carboxylic acids is 1. The van der Waals surface area contributed by atoms with Gasteiger partial charge in [-0.1, -0.05) is 36.4 Å². The Hall–Kier alpha value is -4.46. The third-order valence-electron chi connectivity index (χ3n) is 9.40. The predicted octanol–water partition coefficient (Wildman–Crippen LogP) is 1.26. The standard InChI is InChI=1S/C32H33NO12/c1-16(29(39)45-25(28(37)38)17-6-4-3-5-7-17)42-23(36)15-20(35)30(40)43-21-10-11-32(41)22-14-18-8-9-19(34)26-24(18)31(32,27(21)44-26)12-13-33(22)2/h3-10,16,20,22,25,27,34-35,41H,11-15H2,1-2H3,(H,37,38)/t16?,20?,22-,25+,27+,31+,32-/m1/s1. The van der Waals surface area contributed by atoms with E-state index in [2.05, 4.69) is 4.90 Å². The summed E-state index contributed by atoms with van der Waals surface area (Å²) < 4.78 is 21.8. The van der Waals surface area contributed by atoms with Gasteiger partial charge in [0.05, 0.1) is 17.4 Å². The number of ether oxygens (including phenoxy) is 4. The molecule has 4 aliphatic rings. The van der Waals surface area contributed by atoms with Crippen molar-refractivity contribution in [3.05, 3.63) is 71.0 Å². The Balaban J connectivity index is 1.12. The lowest BCUT2D eigenvalue weighted by Gasteiger charge is -2.61. The van der Waals surface area contributed by atoms with Crippen LogP contribution < -0.4 is 4.74 Å². The number of hydrogen-bond donors (Lipinski definition) is 4. The van der Waals surface area contributed by atoms with Crippen LogP contribution in [0.5, 0.6) is 11.5 Å². The summed E-state index contributed by atoms with van der Waals surface area (Å²) in [7, 11) is 1.94. The van der Waals surface area contributed by atoms with Crippen molar-refractivity contribution in [2.45, 2.75) is 74.1 Å². The Morgan fingerprint density at radius 1 is 1.09 bits per heavy atom. The minimum Gasteiger partial charge on any atom is -0.504 e. The molecule has 1 spiro atoms. The van der Waals surface area contributed by atoms with E-state index in [9.17, 15) is 39.6 Å². The fraction of sp³-hybridized carbons (Fsp3) is 0.438. The number of esters is 3. The van der Waals surface area contributed by atoms with E-state index in [0.717, 1.165) is 5.56 Å². The van der Waals surface area contributed by atoms with Crippen LogP contribution in [0.25, 0.3) is 0 Å². The highest BCUT2D eigenvalue weighted by Crippen LogP contribution is 2.65. The fourth-order valence-corrected chi connectivity index (χ4v) is 7.26. The molecular weight excluding hydrogens is 590 g/mol. The van der Waals surface area contributed by atoms with Crippen molar-refractivity contribution in [3.8, 4) is 11.5 Å². The van der Waals surface area contributed by atoms with Gasteiger partial charge in [0.15, 0.2) is 29.8 Å². The maximum atomic E-state index is 13.0. The van der Waals surface area contributed by atoms with Crippen molar-refractivity contribution >= 4 is 23.9 Å². The van der Waals surface area contributed by atoms with Crippen LogP contribution >= 0.6 is 0 Å². The van der Waals surface area contributed by atoms with Crippen LogP contribution in [0.4, 0.5) is 0 Å². The largest absolute Gasteiger partial charge is 0.504 e. The second-order valence-corrected chi connectivity index (χ2v) is 11.9. The number of carbonyl (C=O) groups is 4. The van der Waals surface area contributed by atoms with Crippen LogP contribution in [0.2, 0.25) is 0 Å². The molecule has 13 heteroatoms. The van der Waals surface area contributed by atoms with Crippen LogP contribution in [0.1, 0.15) is 49.0 Å². The number of aromatic hydroxyl groups is 1. The van der Waals surface area contributed by atoms with Gasteiger partial charge < -0.3 is 44.3 Å². The first-order valence-corrected chi connectivity index (χ1v) is 14.6. The number of nitrogens with zero attached hydrogens (tertiary/aromatic N) is 1. The molecule has 2 bridgehead atoms. The molecule has 0 saturated carbocycles. The van der Waals surface area contributed by atoms with Crippen LogP contribution in [-0.2, 0) is 45.2 Å². The smallest absolute Gasteiger partial charge is 0.349 e. The number of carboxylic acids is 1. The number of phenolic OH excluding ortho intramolecular Hbond substituents is 1. The number of piperidine rings is 1. The number of likely N-dealkylation sites (tertiary alicyclic amines) is 1. The zero-order valence-electron chi connectivity index (χ0n) is 24.5. The highest BCUT2D eigenvalue weighted by Gasteiger charge is 2.72. The first kappa shape index (κ1) is 30.6. The highest BCUT2D eigenvalue weighted by atomic mass is 16.6. The lowest BCUT2D eigenvalue weighted by Crippen LogP contribution is -2.74. The van der Waals surface area contributed by atoms with Crippen molar-refractivity contribution in [1.29, 1.82) is 0 Å². The second kappa shape index (κ2) is 11.2. The normalized spacial score (nSPS) is 28.0. The first-order chi connectivity index (χ1) is 21.4. The van der Waals surface area contributed by atoms with E-state index in [0.29, 0.717) is 24.9 Å². The van der Waals surface area contributed by atoms with E-state index in [1.807, 2.05) is 13.1 Å². The first-order valence-electron chi connectivity index (χ1n) is 14.6. The molecule has 0 amide bonds. The second-order valence-electron chi connectivity index (χ2n) is 11.9. The van der Waals surface area contributed by atoms with E-state index in [4.69, 9.17) is 18.9 Å². The third-order valence-corrected chi connectivity index (χ3v) is 9.40. The summed E-state index contributed by atoms with van der Waals surface area (Å²) in [6.07, 6.45) is -4.34. The molecule has 1 saturated heterocycles. The lowest BCUT2D eigenvalue weighted by atomic mass is 9.50. The molecule has 45 heavy (non-hydrogen) atoms. The van der Waals surface area contributed by atoms with Crippen LogP contribution in [0.3, 0.4) is 0 Å². The Kier molecular flexibility index (Phi) is 7.58. The van der Waals surface area contributed by atoms with Crippen molar-refractivity contribution in [2.24, 2.45) is 0 Å². The van der Waals surface area contributed by atoms with Gasteiger partial charge in [-0.25, -0.2) is 14.4 Å². The number of aliphatic hydroxyl groups excluding tert-OH is 1. The monoisotopic (exact) mass is 623 g/mol. The predicted molar refractivity (Wildman–Crippen MR) is 152 cm³/mol. The van der Waals surface area contributed by atoms with Crippen LogP contribution in [0.15, 0.2) is 54.3 Å². The lowest BCUT2D eigenvalue weighted by molar-refractivity contribution is -0.178. The SMILES string of the molecule is CC(OC(=O)CC(O)C(=O)OC1=CC[C@@]2(O)[C@H]3Cc4ccc(O)c5c4[C@@]2(CCN3C)[C@H]1O5)C(=O)O[C@H](C(=O)O)c1ccccc1. The maximum absolute atomic E-state index is 13.0. The molecule has 2 heterocycles. The molecule has 4 N–H and O–H groups in total. The van der Waals surface area contributed by atoms with Crippen molar-refractivity contribution in [1.82, 2.24) is 4.90 Å². The van der Waals surface area contributed by atoms with Gasteiger partial charge >= 0.3 is 23.9 Å². The zero-order chi connectivity index (χ0) is 32.3. The summed E-state index contributed by atoms with van der Waals surface area (Å²) in [4.78, 5) is 51.7. The molecule has 0 aromatic heterocycles. The Labute approximate surface area is 257 Å². The fourth-order valence-electron chi connectivity index (χ4n) is 7.26. The number of benzene rings is 2. The topological polar surface area (TPSA) is 189 Å². The number of likely N-dealkylation sites (N-methyl/N-ethyl adjacent to an activating group) is 1. The summed E-state index contributed by atoms with van der Waals surface area (Å²) in [6.45, 7) is 1.79. The molecule has 2 unspecified atom stereocenters. The zero-order valence-corrected chi connectivity index (χ0v) is 24.5. The molecule has 0 radical (unpaired) electrons. The van der Waals surface area contributed by atoms with Gasteiger partial charge in [0.1, 0.15) is 5.76 Å². The third kappa shape index (κ3) is 4.82. The molecule has 2 aliphatic carbocycles. The van der Waals surface area contributed by atoms with Gasteiger partial charge in [0, 0.05) is 23.6 Å². The van der Waals surface area contributed by atoms with Crippen molar-refractivity contribution < 1.29 is 58.6 Å². The van der Waals surface area contributed by atoms with Gasteiger partial charge in [0.25, 0.3) is 0 Å². The van der Waals surface area contributed by atoms with Crippen LogP contribution in [-0.4, -0.2) is 92.8 Å². The van der Waals surface area contributed by atoms with Gasteiger partial charge in [-0.2, -0.15) is 0 Å².